The molecule has 3 aromatic rings. The van der Waals surface area contributed by atoms with Gasteiger partial charge in [-0.1, -0.05) is 48.5 Å². The van der Waals surface area contributed by atoms with Crippen molar-refractivity contribution in [1.82, 2.24) is 10.3 Å². The van der Waals surface area contributed by atoms with Crippen molar-refractivity contribution in [2.75, 3.05) is 18.0 Å². The Bertz CT molecular complexity index is 1020. The fourth-order valence-corrected chi connectivity index (χ4v) is 3.62. The minimum absolute atomic E-state index is 0.173. The van der Waals surface area contributed by atoms with Crippen molar-refractivity contribution in [2.45, 2.75) is 19.3 Å². The van der Waals surface area contributed by atoms with Crippen molar-refractivity contribution in [3.63, 3.8) is 0 Å². The van der Waals surface area contributed by atoms with E-state index in [1.54, 1.807) is 17.0 Å². The number of carbonyl (C=O) groups is 2. The van der Waals surface area contributed by atoms with Gasteiger partial charge in [0.2, 0.25) is 0 Å². The molecule has 2 aromatic carbocycles. The molecular formula is C24H23N3O2. The minimum Gasteiger partial charge on any atom is -0.352 e. The highest BCUT2D eigenvalue weighted by atomic mass is 16.2. The smallest absolute Gasteiger partial charge is 0.276 e. The molecule has 0 spiro atoms. The second-order valence-corrected chi connectivity index (χ2v) is 7.11. The normalized spacial score (nSPS) is 12.5. The van der Waals surface area contributed by atoms with Crippen LogP contribution in [0.25, 0.3) is 0 Å². The van der Waals surface area contributed by atoms with Crippen molar-refractivity contribution in [3.8, 4) is 0 Å². The zero-order valence-corrected chi connectivity index (χ0v) is 16.2. The summed E-state index contributed by atoms with van der Waals surface area (Å²) >= 11 is 0. The maximum absolute atomic E-state index is 12.9. The molecule has 1 aliphatic rings. The number of para-hydroxylation sites is 1. The maximum Gasteiger partial charge on any atom is 0.276 e. The summed E-state index contributed by atoms with van der Waals surface area (Å²) in [5.74, 6) is -0.356. The van der Waals surface area contributed by atoms with E-state index in [0.29, 0.717) is 24.3 Å². The van der Waals surface area contributed by atoms with Gasteiger partial charge in [0.25, 0.3) is 11.8 Å². The summed E-state index contributed by atoms with van der Waals surface area (Å²) in [5.41, 5.74) is 4.09. The molecule has 29 heavy (non-hydrogen) atoms. The van der Waals surface area contributed by atoms with Crippen LogP contribution in [0.15, 0.2) is 72.9 Å². The molecule has 0 atom stereocenters. The van der Waals surface area contributed by atoms with Gasteiger partial charge >= 0.3 is 0 Å². The molecule has 1 N–H and O–H groups in total. The van der Waals surface area contributed by atoms with Gasteiger partial charge in [-0.05, 0) is 48.6 Å². The third kappa shape index (κ3) is 4.35. The number of rotatable bonds is 6. The number of nitrogens with zero attached hydrogens (tertiary/aromatic N) is 2. The van der Waals surface area contributed by atoms with Gasteiger partial charge in [-0.3, -0.25) is 14.6 Å². The molecule has 1 aliphatic heterocycles. The number of aromatic nitrogens is 1. The first-order chi connectivity index (χ1) is 14.2. The number of nitrogens with one attached hydrogen (secondary N) is 1. The SMILES string of the molecule is O=C(NCCCc1ccccc1)c1ccnc(C(=O)N2CCc3ccccc32)c1. The van der Waals surface area contributed by atoms with Crippen LogP contribution in [-0.4, -0.2) is 29.9 Å². The lowest BCUT2D eigenvalue weighted by Crippen LogP contribution is -2.30. The number of hydrogen-bond acceptors (Lipinski definition) is 3. The van der Waals surface area contributed by atoms with Gasteiger partial charge in [0.15, 0.2) is 0 Å². The van der Waals surface area contributed by atoms with Crippen LogP contribution >= 0.6 is 0 Å². The fraction of sp³-hybridized carbons (Fsp3) is 0.208. The molecule has 2 amide bonds. The molecule has 0 saturated carbocycles. The highest BCUT2D eigenvalue weighted by molar-refractivity contribution is 6.07. The first-order valence-corrected chi connectivity index (χ1v) is 9.90. The number of carbonyl (C=O) groups excluding carboxylic acids is 2. The Balaban J connectivity index is 1.37. The van der Waals surface area contributed by atoms with Crippen LogP contribution in [0.5, 0.6) is 0 Å². The molecule has 146 valence electrons. The molecule has 0 aliphatic carbocycles. The summed E-state index contributed by atoms with van der Waals surface area (Å²) in [4.78, 5) is 31.4. The third-order valence-corrected chi connectivity index (χ3v) is 5.14. The molecular weight excluding hydrogens is 362 g/mol. The summed E-state index contributed by atoms with van der Waals surface area (Å²) in [7, 11) is 0. The van der Waals surface area contributed by atoms with E-state index in [4.69, 9.17) is 0 Å². The zero-order valence-electron chi connectivity index (χ0n) is 16.2. The van der Waals surface area contributed by atoms with Gasteiger partial charge < -0.3 is 10.2 Å². The molecule has 1 aromatic heterocycles. The van der Waals surface area contributed by atoms with Crippen LogP contribution < -0.4 is 10.2 Å². The number of aryl methyl sites for hydroxylation is 1. The molecule has 5 nitrogen and oxygen atoms in total. The average molecular weight is 385 g/mol. The van der Waals surface area contributed by atoms with Crippen LogP contribution in [0, 0.1) is 0 Å². The monoisotopic (exact) mass is 385 g/mol. The van der Waals surface area contributed by atoms with Crippen molar-refractivity contribution >= 4 is 17.5 Å². The van der Waals surface area contributed by atoms with Crippen LogP contribution in [0.4, 0.5) is 5.69 Å². The number of anilines is 1. The van der Waals surface area contributed by atoms with E-state index >= 15 is 0 Å². The maximum atomic E-state index is 12.9. The Labute approximate surface area is 170 Å². The lowest BCUT2D eigenvalue weighted by molar-refractivity contribution is 0.0953. The summed E-state index contributed by atoms with van der Waals surface area (Å²) in [6, 6.07) is 21.3. The average Bonchev–Trinajstić information content (AvgIpc) is 3.21. The highest BCUT2D eigenvalue weighted by Crippen LogP contribution is 2.28. The van der Waals surface area contributed by atoms with Crippen molar-refractivity contribution < 1.29 is 9.59 Å². The first kappa shape index (κ1) is 18.9. The van der Waals surface area contributed by atoms with Gasteiger partial charge in [0.05, 0.1) is 0 Å². The van der Waals surface area contributed by atoms with E-state index in [1.807, 2.05) is 42.5 Å². The third-order valence-electron chi connectivity index (χ3n) is 5.14. The van der Waals surface area contributed by atoms with Crippen molar-refractivity contribution in [3.05, 3.63) is 95.3 Å². The van der Waals surface area contributed by atoms with Crippen molar-refractivity contribution in [1.29, 1.82) is 0 Å². The molecule has 2 heterocycles. The fourth-order valence-electron chi connectivity index (χ4n) is 3.62. The quantitative estimate of drug-likeness (QED) is 0.659. The number of amides is 2. The van der Waals surface area contributed by atoms with Crippen LogP contribution in [-0.2, 0) is 12.8 Å². The van der Waals surface area contributed by atoms with Crippen LogP contribution in [0.1, 0.15) is 38.4 Å². The molecule has 0 bridgehead atoms. The predicted molar refractivity (Wildman–Crippen MR) is 113 cm³/mol. The lowest BCUT2D eigenvalue weighted by Gasteiger charge is -2.17. The van der Waals surface area contributed by atoms with Crippen LogP contribution in [0.2, 0.25) is 0 Å². The number of hydrogen-bond donors (Lipinski definition) is 1. The Morgan fingerprint density at radius 1 is 1.00 bits per heavy atom. The highest BCUT2D eigenvalue weighted by Gasteiger charge is 2.26. The molecule has 5 heteroatoms. The van der Waals surface area contributed by atoms with E-state index < -0.39 is 0 Å². The number of fused-ring (bicyclic) bond motifs is 1. The summed E-state index contributed by atoms with van der Waals surface area (Å²) in [6.45, 7) is 1.22. The summed E-state index contributed by atoms with van der Waals surface area (Å²) in [5, 5.41) is 2.93. The van der Waals surface area contributed by atoms with Gasteiger partial charge in [0, 0.05) is 30.5 Å². The summed E-state index contributed by atoms with van der Waals surface area (Å²) < 4.78 is 0. The second kappa shape index (κ2) is 8.69. The lowest BCUT2D eigenvalue weighted by atomic mass is 10.1. The molecule has 4 rings (SSSR count). The van der Waals surface area contributed by atoms with E-state index in [0.717, 1.165) is 30.5 Å². The number of benzene rings is 2. The van der Waals surface area contributed by atoms with Gasteiger partial charge in [-0.15, -0.1) is 0 Å². The van der Waals surface area contributed by atoms with Crippen molar-refractivity contribution in [2.24, 2.45) is 0 Å². The molecule has 0 fully saturated rings. The Morgan fingerprint density at radius 3 is 2.66 bits per heavy atom. The predicted octanol–water partition coefficient (Wildman–Crippen LogP) is 3.65. The van der Waals surface area contributed by atoms with Crippen LogP contribution in [0.3, 0.4) is 0 Å². The molecule has 0 unspecified atom stereocenters. The number of pyridine rings is 1. The topological polar surface area (TPSA) is 62.3 Å². The Hall–Kier alpha value is -3.47. The standard InChI is InChI=1S/C24H23N3O2/c28-23(26-14-6-9-18-7-2-1-3-8-18)20-12-15-25-21(17-20)24(29)27-16-13-19-10-4-5-11-22(19)27/h1-5,7-8,10-12,15,17H,6,9,13-14,16H2,(H,26,28). The van der Waals surface area contributed by atoms with E-state index in [9.17, 15) is 9.59 Å². The van der Waals surface area contributed by atoms with Gasteiger partial charge in [-0.2, -0.15) is 0 Å². The van der Waals surface area contributed by atoms with Gasteiger partial charge in [0.1, 0.15) is 5.69 Å². The minimum atomic E-state index is -0.184. The Kier molecular flexibility index (Phi) is 5.66. The van der Waals surface area contributed by atoms with E-state index in [1.165, 1.54) is 11.8 Å². The second-order valence-electron chi connectivity index (χ2n) is 7.11. The molecule has 0 radical (unpaired) electrons. The van der Waals surface area contributed by atoms with Gasteiger partial charge in [-0.25, -0.2) is 0 Å². The largest absolute Gasteiger partial charge is 0.352 e. The van der Waals surface area contributed by atoms with E-state index in [2.05, 4.69) is 22.4 Å². The molecule has 0 saturated heterocycles. The zero-order chi connectivity index (χ0) is 20.1. The summed E-state index contributed by atoms with van der Waals surface area (Å²) in [6.07, 6.45) is 4.13. The first-order valence-electron chi connectivity index (χ1n) is 9.90. The van der Waals surface area contributed by atoms with E-state index in [-0.39, 0.29) is 11.8 Å². The Morgan fingerprint density at radius 2 is 1.79 bits per heavy atom.